The van der Waals surface area contributed by atoms with Gasteiger partial charge in [0.05, 0.1) is 17.1 Å². The summed E-state index contributed by atoms with van der Waals surface area (Å²) in [7, 11) is 0. The summed E-state index contributed by atoms with van der Waals surface area (Å²) in [5.41, 5.74) is -1.75. The van der Waals surface area contributed by atoms with Gasteiger partial charge in [-0.15, -0.1) is 0 Å². The third kappa shape index (κ3) is 3.86. The molecule has 18 heavy (non-hydrogen) atoms. The highest BCUT2D eigenvalue weighted by Crippen LogP contribution is 2.35. The van der Waals surface area contributed by atoms with Crippen LogP contribution >= 0.6 is 15.9 Å². The molecule has 0 amide bonds. The molecule has 0 unspecified atom stereocenters. The van der Waals surface area contributed by atoms with E-state index in [2.05, 4.69) is 15.9 Å². The Bertz CT molecular complexity index is 437. The Morgan fingerprint density at radius 1 is 1.39 bits per heavy atom. The van der Waals surface area contributed by atoms with Crippen molar-refractivity contribution in [3.8, 4) is 5.75 Å². The molecule has 4 nitrogen and oxygen atoms in total. The van der Waals surface area contributed by atoms with Gasteiger partial charge < -0.3 is 4.74 Å². The molecule has 100 valence electrons. The van der Waals surface area contributed by atoms with Gasteiger partial charge in [0.1, 0.15) is 0 Å². The largest absolute Gasteiger partial charge is 0.487 e. The molecule has 0 aliphatic rings. The number of nitro groups is 1. The number of alkyl halides is 4. The van der Waals surface area contributed by atoms with Crippen LogP contribution in [0, 0.1) is 10.1 Å². The summed E-state index contributed by atoms with van der Waals surface area (Å²) >= 11 is 3.15. The molecular weight excluding hydrogens is 319 g/mol. The standard InChI is InChI=1S/C10H9BrF3NO3/c11-4-1-5-18-9-3-2-7(10(12,13)14)6-8(9)15(16)17/h2-3,6H,1,4-5H2. The predicted molar refractivity (Wildman–Crippen MR) is 62.0 cm³/mol. The van der Waals surface area contributed by atoms with Crippen LogP contribution in [0.25, 0.3) is 0 Å². The van der Waals surface area contributed by atoms with Gasteiger partial charge in [-0.25, -0.2) is 0 Å². The van der Waals surface area contributed by atoms with Gasteiger partial charge in [-0.2, -0.15) is 13.2 Å². The average molecular weight is 328 g/mol. The zero-order valence-corrected chi connectivity index (χ0v) is 10.6. The molecule has 0 aliphatic heterocycles. The van der Waals surface area contributed by atoms with Gasteiger partial charge in [0.2, 0.25) is 0 Å². The van der Waals surface area contributed by atoms with Crippen molar-refractivity contribution in [3.05, 3.63) is 33.9 Å². The van der Waals surface area contributed by atoms with Gasteiger partial charge in [0.15, 0.2) is 5.75 Å². The molecule has 0 saturated heterocycles. The molecule has 1 aromatic carbocycles. The average Bonchev–Trinajstić information content (AvgIpc) is 2.28. The summed E-state index contributed by atoms with van der Waals surface area (Å²) in [5.74, 6) is -0.158. The Labute approximate surface area is 109 Å². The van der Waals surface area contributed by atoms with Gasteiger partial charge >= 0.3 is 11.9 Å². The van der Waals surface area contributed by atoms with Gasteiger partial charge in [-0.05, 0) is 18.6 Å². The fourth-order valence-electron chi connectivity index (χ4n) is 1.20. The molecule has 0 aliphatic carbocycles. The predicted octanol–water partition coefficient (Wildman–Crippen LogP) is 3.78. The van der Waals surface area contributed by atoms with Crippen LogP contribution < -0.4 is 4.74 Å². The van der Waals surface area contributed by atoms with Crippen molar-refractivity contribution in [2.75, 3.05) is 11.9 Å². The molecule has 1 aromatic rings. The molecular formula is C10H9BrF3NO3. The second-order valence-corrected chi connectivity index (χ2v) is 4.12. The first-order chi connectivity index (χ1) is 8.36. The number of halogens is 4. The minimum Gasteiger partial charge on any atom is -0.487 e. The second kappa shape index (κ2) is 6.03. The zero-order chi connectivity index (χ0) is 13.8. The van der Waals surface area contributed by atoms with Gasteiger partial charge in [-0.3, -0.25) is 10.1 Å². The third-order valence-corrected chi connectivity index (χ3v) is 2.58. The van der Waals surface area contributed by atoms with E-state index >= 15 is 0 Å². The van der Waals surface area contributed by atoms with Crippen LogP contribution in [0.4, 0.5) is 18.9 Å². The molecule has 0 fully saturated rings. The molecule has 8 heteroatoms. The Hall–Kier alpha value is -1.31. The van der Waals surface area contributed by atoms with Crippen LogP contribution in [-0.2, 0) is 6.18 Å². The number of hydrogen-bond donors (Lipinski definition) is 0. The monoisotopic (exact) mass is 327 g/mol. The summed E-state index contributed by atoms with van der Waals surface area (Å²) < 4.78 is 42.3. The quantitative estimate of drug-likeness (QED) is 0.358. The lowest BCUT2D eigenvalue weighted by Crippen LogP contribution is -2.07. The summed E-state index contributed by atoms with van der Waals surface area (Å²) in [6.45, 7) is 0.192. The Balaban J connectivity index is 3.01. The molecule has 0 aromatic heterocycles. The number of rotatable bonds is 5. The molecule has 1 rings (SSSR count). The molecule has 0 atom stereocenters. The normalized spacial score (nSPS) is 11.3. The van der Waals surface area contributed by atoms with Crippen LogP contribution in [0.5, 0.6) is 5.75 Å². The number of nitrogens with zero attached hydrogens (tertiary/aromatic N) is 1. The number of hydrogen-bond acceptors (Lipinski definition) is 3. The third-order valence-electron chi connectivity index (χ3n) is 2.02. The number of benzene rings is 1. The van der Waals surface area contributed by atoms with Crippen LogP contribution in [0.1, 0.15) is 12.0 Å². The Kier molecular flexibility index (Phi) is 4.94. The number of ether oxygens (including phenoxy) is 1. The van der Waals surface area contributed by atoms with E-state index in [0.29, 0.717) is 17.8 Å². The van der Waals surface area contributed by atoms with Crippen LogP contribution in [0.15, 0.2) is 18.2 Å². The summed E-state index contributed by atoms with van der Waals surface area (Å²) in [6, 6.07) is 2.20. The smallest absolute Gasteiger partial charge is 0.416 e. The van der Waals surface area contributed by atoms with Crippen molar-refractivity contribution in [1.82, 2.24) is 0 Å². The van der Waals surface area contributed by atoms with E-state index in [0.717, 1.165) is 12.1 Å². The first-order valence-electron chi connectivity index (χ1n) is 4.90. The fraction of sp³-hybridized carbons (Fsp3) is 0.400. The fourth-order valence-corrected chi connectivity index (χ4v) is 1.42. The van der Waals surface area contributed by atoms with E-state index in [-0.39, 0.29) is 12.4 Å². The van der Waals surface area contributed by atoms with Crippen LogP contribution in [0.3, 0.4) is 0 Å². The highest BCUT2D eigenvalue weighted by molar-refractivity contribution is 9.09. The number of nitro benzene ring substituents is 1. The van der Waals surface area contributed by atoms with E-state index < -0.39 is 22.4 Å². The van der Waals surface area contributed by atoms with E-state index in [9.17, 15) is 23.3 Å². The van der Waals surface area contributed by atoms with Crippen LogP contribution in [0.2, 0.25) is 0 Å². The van der Waals surface area contributed by atoms with E-state index in [4.69, 9.17) is 4.74 Å². The maximum Gasteiger partial charge on any atom is 0.416 e. The van der Waals surface area contributed by atoms with E-state index in [1.807, 2.05) is 0 Å². The van der Waals surface area contributed by atoms with Crippen molar-refractivity contribution < 1.29 is 22.8 Å². The summed E-state index contributed by atoms with van der Waals surface area (Å²) in [6.07, 6.45) is -4.02. The van der Waals surface area contributed by atoms with Crippen molar-refractivity contribution >= 4 is 21.6 Å². The maximum absolute atomic E-state index is 12.4. The second-order valence-electron chi connectivity index (χ2n) is 3.33. The molecule has 0 spiro atoms. The topological polar surface area (TPSA) is 52.4 Å². The van der Waals surface area contributed by atoms with Gasteiger partial charge in [0.25, 0.3) is 0 Å². The Morgan fingerprint density at radius 2 is 2.06 bits per heavy atom. The Morgan fingerprint density at radius 3 is 2.56 bits per heavy atom. The SMILES string of the molecule is O=[N+]([O-])c1cc(C(F)(F)F)ccc1OCCCBr. The molecule has 0 N–H and O–H groups in total. The summed E-state index contributed by atoms with van der Waals surface area (Å²) in [4.78, 5) is 9.79. The van der Waals surface area contributed by atoms with Crippen LogP contribution in [-0.4, -0.2) is 16.9 Å². The maximum atomic E-state index is 12.4. The molecule has 0 bridgehead atoms. The highest BCUT2D eigenvalue weighted by atomic mass is 79.9. The van der Waals surface area contributed by atoms with E-state index in [1.54, 1.807) is 0 Å². The van der Waals surface area contributed by atoms with E-state index in [1.165, 1.54) is 0 Å². The highest BCUT2D eigenvalue weighted by Gasteiger charge is 2.33. The molecule has 0 saturated carbocycles. The minimum atomic E-state index is -4.61. The first-order valence-corrected chi connectivity index (χ1v) is 6.03. The van der Waals surface area contributed by atoms with Gasteiger partial charge in [0, 0.05) is 11.4 Å². The first kappa shape index (κ1) is 14.7. The molecule has 0 heterocycles. The van der Waals surface area contributed by atoms with Gasteiger partial charge in [-0.1, -0.05) is 15.9 Å². The van der Waals surface area contributed by atoms with Crippen molar-refractivity contribution in [3.63, 3.8) is 0 Å². The zero-order valence-electron chi connectivity index (χ0n) is 9.04. The lowest BCUT2D eigenvalue weighted by atomic mass is 10.2. The molecule has 0 radical (unpaired) electrons. The minimum absolute atomic E-state index is 0.158. The lowest BCUT2D eigenvalue weighted by Gasteiger charge is -2.09. The van der Waals surface area contributed by atoms with Crippen molar-refractivity contribution in [1.29, 1.82) is 0 Å². The van der Waals surface area contributed by atoms with Crippen molar-refractivity contribution in [2.24, 2.45) is 0 Å². The lowest BCUT2D eigenvalue weighted by molar-refractivity contribution is -0.386. The summed E-state index contributed by atoms with van der Waals surface area (Å²) in [5, 5.41) is 11.3. The van der Waals surface area contributed by atoms with Crippen molar-refractivity contribution in [2.45, 2.75) is 12.6 Å².